The summed E-state index contributed by atoms with van der Waals surface area (Å²) in [6.07, 6.45) is -2.01. The number of imidazole rings is 1. The van der Waals surface area contributed by atoms with Crippen LogP contribution in [0.5, 0.6) is 11.5 Å². The van der Waals surface area contributed by atoms with Crippen LogP contribution >= 0.6 is 0 Å². The van der Waals surface area contributed by atoms with E-state index in [0.29, 0.717) is 61.7 Å². The van der Waals surface area contributed by atoms with Gasteiger partial charge in [0.2, 0.25) is 0 Å². The molecule has 0 saturated carbocycles. The summed E-state index contributed by atoms with van der Waals surface area (Å²) in [5.74, 6) is 2.04. The minimum Gasteiger partial charge on any atom is -0.458 e. The van der Waals surface area contributed by atoms with Gasteiger partial charge >= 0.3 is 0 Å². The van der Waals surface area contributed by atoms with Gasteiger partial charge in [0.1, 0.15) is 17.3 Å². The first kappa shape index (κ1) is 43.8. The van der Waals surface area contributed by atoms with Crippen LogP contribution < -0.4 is 9.30 Å². The SMILES string of the molecule is [2H]C([2H])(c1cc(-c2cccc(-c3cc(C([2H])([2H])C(C)(C)C)cc(C([2H])([2H])C(C)(C)C)c3)c2-[n+]2[c-]n(-c3cccc(Oc4ccc5c6ccccc6n(-c6cc(C(C)(C)C)ccn6)c5c4)c3)c3ccccc32)cc(C([2H])([2H])C(C)(C)C)c1)C(C)(C)C. The first-order valence-corrected chi connectivity index (χ1v) is 27.0. The van der Waals surface area contributed by atoms with E-state index in [1.54, 1.807) is 12.1 Å². The summed E-state index contributed by atoms with van der Waals surface area (Å²) < 4.78 is 90.3. The molecule has 0 aliphatic rings. The largest absolute Gasteiger partial charge is 0.458 e. The predicted molar refractivity (Wildman–Crippen MR) is 325 cm³/mol. The summed E-state index contributed by atoms with van der Waals surface area (Å²) in [7, 11) is 0. The van der Waals surface area contributed by atoms with Crippen molar-refractivity contribution in [3.8, 4) is 50.9 Å². The summed E-state index contributed by atoms with van der Waals surface area (Å²) in [6, 6.07) is 51.2. The van der Waals surface area contributed by atoms with Gasteiger partial charge in [-0.2, -0.15) is 0 Å². The number of hydrogen-bond acceptors (Lipinski definition) is 2. The lowest BCUT2D eigenvalue weighted by Crippen LogP contribution is -2.31. The average molecular weight is 1030 g/mol. The molecule has 0 radical (unpaired) electrons. The molecule has 5 heteroatoms. The van der Waals surface area contributed by atoms with Crippen LogP contribution in [0.1, 0.15) is 143 Å². The zero-order chi connectivity index (χ0) is 62.0. The quantitative estimate of drug-likeness (QED) is 0.0956. The van der Waals surface area contributed by atoms with E-state index in [-0.39, 0.29) is 5.41 Å². The summed E-state index contributed by atoms with van der Waals surface area (Å²) in [5, 5.41) is 2.18. The van der Waals surface area contributed by atoms with Crippen LogP contribution in [0.2, 0.25) is 0 Å². The number of pyridine rings is 1. The smallest absolute Gasteiger partial charge is 0.269 e. The van der Waals surface area contributed by atoms with E-state index in [1.807, 2.05) is 202 Å². The molecule has 7 aromatic carbocycles. The number of rotatable bonds is 11. The molecule has 10 rings (SSSR count). The molecule has 0 N–H and O–H groups in total. The van der Waals surface area contributed by atoms with Crippen molar-refractivity contribution in [1.29, 1.82) is 0 Å². The number of benzene rings is 7. The Morgan fingerprint density at radius 3 is 1.55 bits per heavy atom. The van der Waals surface area contributed by atoms with Crippen molar-refractivity contribution in [2.75, 3.05) is 0 Å². The number of ether oxygens (including phenoxy) is 1. The Bertz CT molecular complexity index is 4000. The number of fused-ring (bicyclic) bond motifs is 4. The highest BCUT2D eigenvalue weighted by molar-refractivity contribution is 6.09. The third-order valence-electron chi connectivity index (χ3n) is 13.2. The lowest BCUT2D eigenvalue weighted by Gasteiger charge is -2.24. The van der Waals surface area contributed by atoms with Gasteiger partial charge in [0.05, 0.1) is 33.4 Å². The van der Waals surface area contributed by atoms with Crippen molar-refractivity contribution < 1.29 is 20.3 Å². The Morgan fingerprint density at radius 2 is 0.987 bits per heavy atom. The van der Waals surface area contributed by atoms with Crippen molar-refractivity contribution in [1.82, 2.24) is 14.1 Å². The van der Waals surface area contributed by atoms with E-state index in [0.717, 1.165) is 44.3 Å². The molecule has 0 atom stereocenters. The molecule has 0 aliphatic heterocycles. The summed E-state index contributed by atoms with van der Waals surface area (Å²) in [6.45, 7) is 28.8. The molecule has 0 bridgehead atoms. The molecule has 394 valence electrons. The second-order valence-electron chi connectivity index (χ2n) is 25.8. The average Bonchev–Trinajstić information content (AvgIpc) is 1.97. The van der Waals surface area contributed by atoms with Crippen molar-refractivity contribution in [3.05, 3.63) is 198 Å². The first-order chi connectivity index (χ1) is 39.3. The molecule has 0 amide bonds. The van der Waals surface area contributed by atoms with E-state index in [9.17, 15) is 11.0 Å². The van der Waals surface area contributed by atoms with Crippen molar-refractivity contribution in [2.45, 2.75) is 135 Å². The van der Waals surface area contributed by atoms with Gasteiger partial charge < -0.3 is 4.74 Å². The van der Waals surface area contributed by atoms with Crippen LogP contribution in [0.3, 0.4) is 0 Å². The normalized spacial score (nSPS) is 15.1. The highest BCUT2D eigenvalue weighted by atomic mass is 16.5. The number of hydrogen-bond donors (Lipinski definition) is 0. The standard InChI is InChI=1S/C72H80N4O/c1-68(2,3)43-48-34-49(44-69(4,5)6)37-52(36-48)58-25-21-26-59(53-38-50(45-70(7,8)9)35-51(39-53)46-71(10,11)12)67(58)75-47-74(63-28-18-19-29-64(63)75)55-22-20-23-56(41-55)77-57-30-31-61-60-24-16-17-27-62(60)76(65(61)42-57)66-40-54(32-33-73-66)72(13,14)15/h16-42H,43-46H2,1-15H3/i43D2,44D2,45D2,46D2. The fourth-order valence-electron chi connectivity index (χ4n) is 10.3. The maximum Gasteiger partial charge on any atom is 0.269 e. The monoisotopic (exact) mass is 1020 g/mol. The van der Waals surface area contributed by atoms with E-state index >= 15 is 0 Å². The third kappa shape index (κ3) is 12.0. The van der Waals surface area contributed by atoms with Crippen molar-refractivity contribution >= 4 is 32.8 Å². The van der Waals surface area contributed by atoms with Gasteiger partial charge in [-0.3, -0.25) is 13.7 Å². The zero-order valence-corrected chi connectivity index (χ0v) is 47.8. The Kier molecular flexibility index (Phi) is 11.4. The van der Waals surface area contributed by atoms with Crippen molar-refractivity contribution in [2.24, 2.45) is 21.7 Å². The van der Waals surface area contributed by atoms with E-state index in [4.69, 9.17) is 9.72 Å². The number of aromatic nitrogens is 4. The second-order valence-corrected chi connectivity index (χ2v) is 25.8. The Balaban J connectivity index is 1.21. The van der Waals surface area contributed by atoms with E-state index in [1.165, 1.54) is 5.56 Å². The highest BCUT2D eigenvalue weighted by Gasteiger charge is 2.25. The fraction of sp³-hybridized carbons (Fsp3) is 0.333. The van der Waals surface area contributed by atoms with Gasteiger partial charge in [-0.25, -0.2) is 4.98 Å². The molecule has 0 fully saturated rings. The molecular weight excluding hydrogens is 937 g/mol. The zero-order valence-electron chi connectivity index (χ0n) is 55.8. The summed E-state index contributed by atoms with van der Waals surface area (Å²) in [4.78, 5) is 4.89. The fourth-order valence-corrected chi connectivity index (χ4v) is 10.3. The van der Waals surface area contributed by atoms with Crippen LogP contribution in [-0.4, -0.2) is 14.1 Å². The molecule has 0 unspecified atom stereocenters. The molecule has 3 heterocycles. The van der Waals surface area contributed by atoms with Crippen LogP contribution in [0.25, 0.3) is 72.3 Å². The van der Waals surface area contributed by atoms with Crippen molar-refractivity contribution in [3.63, 3.8) is 0 Å². The lowest BCUT2D eigenvalue weighted by atomic mass is 9.82. The van der Waals surface area contributed by atoms with Gasteiger partial charge in [0, 0.05) is 34.0 Å². The summed E-state index contributed by atoms with van der Waals surface area (Å²) >= 11 is 0. The highest BCUT2D eigenvalue weighted by Crippen LogP contribution is 2.41. The Labute approximate surface area is 470 Å². The summed E-state index contributed by atoms with van der Waals surface area (Å²) in [5.41, 5.74) is 6.18. The topological polar surface area (TPSA) is 35.9 Å². The minimum atomic E-state index is -1.91. The molecule has 0 spiro atoms. The van der Waals surface area contributed by atoms with Gasteiger partial charge in [-0.15, -0.1) is 0 Å². The molecule has 5 nitrogen and oxygen atoms in total. The van der Waals surface area contributed by atoms with E-state index < -0.39 is 47.2 Å². The van der Waals surface area contributed by atoms with Gasteiger partial charge in [0.25, 0.3) is 6.33 Å². The predicted octanol–water partition coefficient (Wildman–Crippen LogP) is 19.0. The third-order valence-corrected chi connectivity index (χ3v) is 13.2. The Hall–Kier alpha value is -7.24. The second kappa shape index (κ2) is 20.0. The Morgan fingerprint density at radius 1 is 0.481 bits per heavy atom. The van der Waals surface area contributed by atoms with Crippen LogP contribution in [0.15, 0.2) is 164 Å². The number of nitrogens with zero attached hydrogens (tertiary/aromatic N) is 4. The van der Waals surface area contributed by atoms with Crippen LogP contribution in [-0.2, 0) is 30.9 Å². The molecule has 3 aromatic heterocycles. The molecule has 77 heavy (non-hydrogen) atoms. The van der Waals surface area contributed by atoms with Crippen LogP contribution in [0.4, 0.5) is 0 Å². The van der Waals surface area contributed by atoms with Gasteiger partial charge in [0.15, 0.2) is 0 Å². The molecule has 10 aromatic rings. The maximum atomic E-state index is 9.66. The van der Waals surface area contributed by atoms with E-state index in [2.05, 4.69) is 74.1 Å². The maximum absolute atomic E-state index is 9.66. The number of para-hydroxylation sites is 4. The molecular formula is C72H80N4O. The minimum absolute atomic E-state index is 0.0827. The lowest BCUT2D eigenvalue weighted by molar-refractivity contribution is -0.571. The molecule has 0 saturated heterocycles. The van der Waals surface area contributed by atoms with Gasteiger partial charge in [-0.1, -0.05) is 207 Å². The van der Waals surface area contributed by atoms with Crippen LogP contribution in [0, 0.1) is 28.0 Å². The first-order valence-electron chi connectivity index (χ1n) is 31.0. The molecule has 0 aliphatic carbocycles. The van der Waals surface area contributed by atoms with Gasteiger partial charge in [-0.05, 0) is 151 Å².